The summed E-state index contributed by atoms with van der Waals surface area (Å²) in [6.45, 7) is 1.54. The number of rotatable bonds is 2. The van der Waals surface area contributed by atoms with Crippen LogP contribution in [0.2, 0.25) is 0 Å². The zero-order valence-corrected chi connectivity index (χ0v) is 11.2. The highest BCUT2D eigenvalue weighted by atomic mass is 19.4. The topological polar surface area (TPSA) is 27.0 Å². The molecular formula is C15H17F3N2. The van der Waals surface area contributed by atoms with Crippen LogP contribution in [-0.2, 0) is 6.18 Å². The lowest BCUT2D eigenvalue weighted by Crippen LogP contribution is -2.29. The Kier molecular flexibility index (Phi) is 4.66. The third kappa shape index (κ3) is 3.51. The van der Waals surface area contributed by atoms with Gasteiger partial charge >= 0.3 is 6.18 Å². The molecule has 2 rings (SSSR count). The van der Waals surface area contributed by atoms with Crippen molar-refractivity contribution in [3.05, 3.63) is 35.4 Å². The Morgan fingerprint density at radius 2 is 1.75 bits per heavy atom. The molecule has 1 unspecified atom stereocenters. The Balaban J connectivity index is 2.25. The van der Waals surface area contributed by atoms with Crippen LogP contribution in [0, 0.1) is 11.3 Å². The normalized spacial score (nSPS) is 19.1. The number of nitriles is 1. The quantitative estimate of drug-likeness (QED) is 0.815. The van der Waals surface area contributed by atoms with Crippen LogP contribution in [-0.4, -0.2) is 18.0 Å². The molecule has 0 aliphatic carbocycles. The molecule has 20 heavy (non-hydrogen) atoms. The van der Waals surface area contributed by atoms with E-state index in [-0.39, 0.29) is 0 Å². The van der Waals surface area contributed by atoms with Crippen LogP contribution in [0.5, 0.6) is 0 Å². The van der Waals surface area contributed by atoms with Crippen molar-refractivity contribution in [2.45, 2.75) is 37.9 Å². The minimum atomic E-state index is -4.37. The highest BCUT2D eigenvalue weighted by Gasteiger charge is 2.31. The van der Waals surface area contributed by atoms with Crippen LogP contribution >= 0.6 is 0 Å². The van der Waals surface area contributed by atoms with Gasteiger partial charge in [0, 0.05) is 0 Å². The molecule has 5 heteroatoms. The van der Waals surface area contributed by atoms with E-state index in [2.05, 4.69) is 6.07 Å². The summed E-state index contributed by atoms with van der Waals surface area (Å²) in [5.41, 5.74) is -0.255. The third-order valence-electron chi connectivity index (χ3n) is 3.66. The van der Waals surface area contributed by atoms with Gasteiger partial charge < -0.3 is 0 Å². The average Bonchev–Trinajstić information content (AvgIpc) is 2.68. The maximum Gasteiger partial charge on any atom is 0.416 e. The molecule has 0 radical (unpaired) electrons. The van der Waals surface area contributed by atoms with Gasteiger partial charge in [0.2, 0.25) is 0 Å². The van der Waals surface area contributed by atoms with E-state index in [9.17, 15) is 18.4 Å². The summed E-state index contributed by atoms with van der Waals surface area (Å²) in [6.07, 6.45) is -0.127. The fourth-order valence-corrected chi connectivity index (χ4v) is 2.61. The van der Waals surface area contributed by atoms with Crippen molar-refractivity contribution in [2.75, 3.05) is 13.1 Å². The zero-order chi connectivity index (χ0) is 14.6. The number of hydrogen-bond acceptors (Lipinski definition) is 2. The van der Waals surface area contributed by atoms with E-state index in [1.807, 2.05) is 4.90 Å². The molecule has 2 nitrogen and oxygen atoms in total. The molecule has 1 aromatic rings. The van der Waals surface area contributed by atoms with Crippen molar-refractivity contribution >= 4 is 0 Å². The van der Waals surface area contributed by atoms with Gasteiger partial charge in [-0.1, -0.05) is 25.0 Å². The number of likely N-dealkylation sites (tertiary alicyclic amines) is 1. The second-order valence-corrected chi connectivity index (χ2v) is 5.11. The smallest absolute Gasteiger partial charge is 0.284 e. The number of halogens is 3. The van der Waals surface area contributed by atoms with E-state index >= 15 is 0 Å². The van der Waals surface area contributed by atoms with E-state index in [0.29, 0.717) is 5.56 Å². The Bertz CT molecular complexity index is 483. The molecule has 1 atom stereocenters. The molecule has 0 aromatic heterocycles. The molecule has 1 aliphatic heterocycles. The molecule has 1 heterocycles. The first-order valence-electron chi connectivity index (χ1n) is 6.83. The van der Waals surface area contributed by atoms with E-state index in [0.717, 1.165) is 50.9 Å². The Labute approximate surface area is 116 Å². The van der Waals surface area contributed by atoms with Gasteiger partial charge in [-0.25, -0.2) is 0 Å². The first-order valence-corrected chi connectivity index (χ1v) is 6.83. The summed E-state index contributed by atoms with van der Waals surface area (Å²) in [4.78, 5) is 1.99. The molecule has 0 N–H and O–H groups in total. The van der Waals surface area contributed by atoms with Crippen molar-refractivity contribution in [1.29, 1.82) is 5.26 Å². The van der Waals surface area contributed by atoms with Crippen molar-refractivity contribution in [2.24, 2.45) is 0 Å². The molecular weight excluding hydrogens is 265 g/mol. The van der Waals surface area contributed by atoms with Crippen LogP contribution in [0.25, 0.3) is 0 Å². The SMILES string of the molecule is N#CC(c1cccc(C(F)(F)F)c1)N1CCCCCC1. The summed E-state index contributed by atoms with van der Waals surface area (Å²) in [5, 5.41) is 9.34. The van der Waals surface area contributed by atoms with Crippen molar-refractivity contribution in [3.63, 3.8) is 0 Å². The van der Waals surface area contributed by atoms with Crippen molar-refractivity contribution in [3.8, 4) is 6.07 Å². The summed E-state index contributed by atoms with van der Waals surface area (Å²) < 4.78 is 38.2. The van der Waals surface area contributed by atoms with Gasteiger partial charge in [0.1, 0.15) is 6.04 Å². The van der Waals surface area contributed by atoms with Crippen LogP contribution in [0.15, 0.2) is 24.3 Å². The molecule has 0 amide bonds. The molecule has 0 spiro atoms. The minimum absolute atomic E-state index is 0.434. The molecule has 1 saturated heterocycles. The van der Waals surface area contributed by atoms with Gasteiger partial charge in [0.05, 0.1) is 11.6 Å². The highest BCUT2D eigenvalue weighted by molar-refractivity contribution is 5.31. The van der Waals surface area contributed by atoms with Gasteiger partial charge in [-0.15, -0.1) is 0 Å². The molecule has 108 valence electrons. The predicted molar refractivity (Wildman–Crippen MR) is 69.8 cm³/mol. The van der Waals surface area contributed by atoms with Crippen molar-refractivity contribution in [1.82, 2.24) is 4.90 Å². The van der Waals surface area contributed by atoms with Crippen LogP contribution in [0.1, 0.15) is 42.9 Å². The fraction of sp³-hybridized carbons (Fsp3) is 0.533. The third-order valence-corrected chi connectivity index (χ3v) is 3.66. The second kappa shape index (κ2) is 6.27. The fourth-order valence-electron chi connectivity index (χ4n) is 2.61. The largest absolute Gasteiger partial charge is 0.416 e. The summed E-state index contributed by atoms with van der Waals surface area (Å²) in [7, 11) is 0. The Morgan fingerprint density at radius 3 is 2.30 bits per heavy atom. The maximum absolute atomic E-state index is 12.7. The summed E-state index contributed by atoms with van der Waals surface area (Å²) in [6, 6.07) is 6.68. The van der Waals surface area contributed by atoms with Gasteiger partial charge in [0.15, 0.2) is 0 Å². The molecule has 1 aromatic carbocycles. The second-order valence-electron chi connectivity index (χ2n) is 5.11. The summed E-state index contributed by atoms with van der Waals surface area (Å²) >= 11 is 0. The van der Waals surface area contributed by atoms with Gasteiger partial charge in [-0.2, -0.15) is 18.4 Å². The molecule has 0 saturated carbocycles. The average molecular weight is 282 g/mol. The van der Waals surface area contributed by atoms with Gasteiger partial charge in [-0.05, 0) is 43.6 Å². The van der Waals surface area contributed by atoms with E-state index in [1.165, 1.54) is 6.07 Å². The Hall–Kier alpha value is -1.54. The maximum atomic E-state index is 12.7. The minimum Gasteiger partial charge on any atom is -0.284 e. The lowest BCUT2D eigenvalue weighted by molar-refractivity contribution is -0.137. The van der Waals surface area contributed by atoms with Gasteiger partial charge in [-0.3, -0.25) is 4.90 Å². The van der Waals surface area contributed by atoms with Gasteiger partial charge in [0.25, 0.3) is 0 Å². The molecule has 1 fully saturated rings. The van der Waals surface area contributed by atoms with Crippen LogP contribution in [0.3, 0.4) is 0 Å². The predicted octanol–water partition coefficient (Wildman–Crippen LogP) is 4.15. The molecule has 1 aliphatic rings. The Morgan fingerprint density at radius 1 is 1.10 bits per heavy atom. The first kappa shape index (κ1) is 14.9. The van der Waals surface area contributed by atoms with E-state index in [4.69, 9.17) is 0 Å². The van der Waals surface area contributed by atoms with Crippen LogP contribution in [0.4, 0.5) is 13.2 Å². The standard InChI is InChI=1S/C15H17F3N2/c16-15(17,18)13-7-5-6-12(10-13)14(11-19)20-8-3-1-2-4-9-20/h5-7,10,14H,1-4,8-9H2. The lowest BCUT2D eigenvalue weighted by atomic mass is 10.0. The number of nitrogens with zero attached hydrogens (tertiary/aromatic N) is 2. The van der Waals surface area contributed by atoms with E-state index in [1.54, 1.807) is 6.07 Å². The highest BCUT2D eigenvalue weighted by Crippen LogP contribution is 2.32. The lowest BCUT2D eigenvalue weighted by Gasteiger charge is -2.26. The zero-order valence-electron chi connectivity index (χ0n) is 11.2. The van der Waals surface area contributed by atoms with E-state index < -0.39 is 17.8 Å². The monoisotopic (exact) mass is 282 g/mol. The van der Waals surface area contributed by atoms with Crippen LogP contribution < -0.4 is 0 Å². The number of benzene rings is 1. The number of alkyl halides is 3. The molecule has 0 bridgehead atoms. The van der Waals surface area contributed by atoms with Crippen molar-refractivity contribution < 1.29 is 13.2 Å². The summed E-state index contributed by atoms with van der Waals surface area (Å²) in [5.74, 6) is 0. The number of hydrogen-bond donors (Lipinski definition) is 0. The first-order chi connectivity index (χ1) is 9.52.